The molecule has 2 heterocycles. The highest BCUT2D eigenvalue weighted by Gasteiger charge is 2.52. The van der Waals surface area contributed by atoms with E-state index in [2.05, 4.69) is 39.2 Å². The number of hydrogen-bond donors (Lipinski definition) is 1. The minimum atomic E-state index is -2.15. The van der Waals surface area contributed by atoms with Gasteiger partial charge in [0.1, 0.15) is 17.7 Å². The lowest BCUT2D eigenvalue weighted by atomic mass is 10.0. The van der Waals surface area contributed by atoms with Gasteiger partial charge < -0.3 is 24.1 Å². The summed E-state index contributed by atoms with van der Waals surface area (Å²) in [6.45, 7) is 16.1. The van der Waals surface area contributed by atoms with Crippen molar-refractivity contribution in [1.82, 2.24) is 10.2 Å². The van der Waals surface area contributed by atoms with Crippen molar-refractivity contribution in [1.29, 1.82) is 0 Å². The van der Waals surface area contributed by atoms with Gasteiger partial charge in [-0.25, -0.2) is 9.59 Å². The summed E-state index contributed by atoms with van der Waals surface area (Å²) in [6.07, 6.45) is 4.23. The molecule has 32 heavy (non-hydrogen) atoms. The molecule has 2 aliphatic rings. The third-order valence-electron chi connectivity index (χ3n) is 6.46. The number of amides is 2. The van der Waals surface area contributed by atoms with Crippen molar-refractivity contribution >= 4 is 26.3 Å². The number of ether oxygens (including phenoxy) is 2. The lowest BCUT2D eigenvalue weighted by molar-refractivity contribution is -0.153. The van der Waals surface area contributed by atoms with E-state index >= 15 is 0 Å². The Morgan fingerprint density at radius 1 is 1.09 bits per heavy atom. The van der Waals surface area contributed by atoms with Crippen LogP contribution in [-0.2, 0) is 23.5 Å². The van der Waals surface area contributed by atoms with Crippen LogP contribution in [0.15, 0.2) is 12.2 Å². The van der Waals surface area contributed by atoms with Crippen molar-refractivity contribution in [2.45, 2.75) is 109 Å². The van der Waals surface area contributed by atoms with Gasteiger partial charge in [0.05, 0.1) is 19.3 Å². The molecule has 182 valence electrons. The van der Waals surface area contributed by atoms with Crippen molar-refractivity contribution in [2.24, 2.45) is 0 Å². The van der Waals surface area contributed by atoms with E-state index in [-0.39, 0.29) is 23.1 Å². The second-order valence-electron chi connectivity index (χ2n) is 11.1. The third kappa shape index (κ3) is 6.13. The standard InChI is InChI=1S/C23H40N2O6Si/c1-22(2,3)30-21(28)24-15-12-10-11-13-16-18(31-32(8,9)23(4,5)6)14-17(20(27)29-7)25(16)19(15)26/h10-11,15-18H,12-14H2,1-9H3,(H,24,28)/b11-10-/t15-,16-,17-,18-/m0/s1. The number of esters is 1. The van der Waals surface area contributed by atoms with Crippen molar-refractivity contribution in [3.8, 4) is 0 Å². The van der Waals surface area contributed by atoms with E-state index in [1.807, 2.05) is 12.2 Å². The van der Waals surface area contributed by atoms with Crippen LogP contribution in [0, 0.1) is 0 Å². The predicted octanol–water partition coefficient (Wildman–Crippen LogP) is 3.76. The summed E-state index contributed by atoms with van der Waals surface area (Å²) >= 11 is 0. The number of rotatable bonds is 4. The maximum absolute atomic E-state index is 13.6. The van der Waals surface area contributed by atoms with Gasteiger partial charge in [-0.1, -0.05) is 32.9 Å². The van der Waals surface area contributed by atoms with E-state index in [9.17, 15) is 14.4 Å². The quantitative estimate of drug-likeness (QED) is 0.383. The highest BCUT2D eigenvalue weighted by atomic mass is 28.4. The Labute approximate surface area is 193 Å². The Bertz CT molecular complexity index is 753. The van der Waals surface area contributed by atoms with Crippen LogP contribution < -0.4 is 5.32 Å². The van der Waals surface area contributed by atoms with E-state index in [0.717, 1.165) is 0 Å². The predicted molar refractivity (Wildman–Crippen MR) is 125 cm³/mol. The molecule has 0 saturated carbocycles. The largest absolute Gasteiger partial charge is 0.467 e. The fraction of sp³-hybridized carbons (Fsp3) is 0.783. The maximum atomic E-state index is 13.6. The number of fused-ring (bicyclic) bond motifs is 1. The number of hydrogen-bond acceptors (Lipinski definition) is 6. The first kappa shape index (κ1) is 26.4. The lowest BCUT2D eigenvalue weighted by Crippen LogP contribution is -2.56. The van der Waals surface area contributed by atoms with Crippen molar-refractivity contribution in [3.63, 3.8) is 0 Å². The molecule has 0 bridgehead atoms. The summed E-state index contributed by atoms with van der Waals surface area (Å²) in [5.74, 6) is -0.785. The van der Waals surface area contributed by atoms with Crippen molar-refractivity contribution in [3.05, 3.63) is 12.2 Å². The third-order valence-corrected chi connectivity index (χ3v) is 11.0. The Hall–Kier alpha value is -1.87. The van der Waals surface area contributed by atoms with Gasteiger partial charge in [0.2, 0.25) is 5.91 Å². The van der Waals surface area contributed by atoms with Crippen molar-refractivity contribution < 1.29 is 28.3 Å². The topological polar surface area (TPSA) is 94.2 Å². The average Bonchev–Trinajstić information content (AvgIpc) is 2.96. The summed E-state index contributed by atoms with van der Waals surface area (Å²) in [5.41, 5.74) is -0.683. The first-order valence-electron chi connectivity index (χ1n) is 11.3. The van der Waals surface area contributed by atoms with Crippen molar-refractivity contribution in [2.75, 3.05) is 7.11 Å². The van der Waals surface area contributed by atoms with E-state index in [1.54, 1.807) is 25.7 Å². The molecule has 0 aromatic rings. The maximum Gasteiger partial charge on any atom is 0.408 e. The van der Waals surface area contributed by atoms with Gasteiger partial charge in [0, 0.05) is 6.42 Å². The van der Waals surface area contributed by atoms with E-state index in [1.165, 1.54) is 7.11 Å². The van der Waals surface area contributed by atoms with Gasteiger partial charge in [-0.05, 0) is 51.7 Å². The van der Waals surface area contributed by atoms with Crippen LogP contribution in [0.5, 0.6) is 0 Å². The van der Waals surface area contributed by atoms with Crippen LogP contribution in [0.1, 0.15) is 60.8 Å². The molecule has 2 aliphatic heterocycles. The zero-order valence-electron chi connectivity index (χ0n) is 21.0. The molecule has 0 aliphatic carbocycles. The van der Waals surface area contributed by atoms with E-state index in [0.29, 0.717) is 19.3 Å². The van der Waals surface area contributed by atoms with Gasteiger partial charge in [-0.3, -0.25) is 4.79 Å². The Kier molecular flexibility index (Phi) is 7.87. The summed E-state index contributed by atoms with van der Waals surface area (Å²) in [4.78, 5) is 40.2. The lowest BCUT2D eigenvalue weighted by Gasteiger charge is -2.41. The van der Waals surface area contributed by atoms with Gasteiger partial charge in [0.25, 0.3) is 0 Å². The zero-order valence-corrected chi connectivity index (χ0v) is 22.0. The van der Waals surface area contributed by atoms with Gasteiger partial charge >= 0.3 is 12.1 Å². The highest BCUT2D eigenvalue weighted by Crippen LogP contribution is 2.41. The second kappa shape index (κ2) is 9.55. The highest BCUT2D eigenvalue weighted by molar-refractivity contribution is 6.74. The first-order chi connectivity index (χ1) is 14.6. The Balaban J connectivity index is 2.34. The van der Waals surface area contributed by atoms with Crippen LogP contribution in [0.4, 0.5) is 4.79 Å². The molecular formula is C23H40N2O6Si. The van der Waals surface area contributed by atoms with Gasteiger partial charge in [0.15, 0.2) is 8.32 Å². The number of carbonyl (C=O) groups excluding carboxylic acids is 3. The molecule has 0 aromatic heterocycles. The molecule has 1 fully saturated rings. The van der Waals surface area contributed by atoms with Gasteiger partial charge in [-0.2, -0.15) is 0 Å². The smallest absolute Gasteiger partial charge is 0.408 e. The zero-order chi connectivity index (χ0) is 24.5. The molecule has 0 radical (unpaired) electrons. The van der Waals surface area contributed by atoms with Crippen LogP contribution in [0.2, 0.25) is 18.1 Å². The summed E-state index contributed by atoms with van der Waals surface area (Å²) in [7, 11) is -0.822. The molecule has 2 amide bonds. The molecule has 0 unspecified atom stereocenters. The number of alkyl carbamates (subject to hydrolysis) is 1. The molecule has 8 nitrogen and oxygen atoms in total. The molecule has 2 rings (SSSR count). The summed E-state index contributed by atoms with van der Waals surface area (Å²) in [5, 5.41) is 2.67. The molecule has 4 atom stereocenters. The number of methoxy groups -OCH3 is 1. The Morgan fingerprint density at radius 3 is 2.22 bits per heavy atom. The number of carbonyl (C=O) groups is 3. The van der Waals surface area contributed by atoms with Crippen LogP contribution in [0.25, 0.3) is 0 Å². The SMILES string of the molecule is COC(=O)[C@@H]1C[C@H](O[Si](C)(C)C(C)(C)C)[C@@H]2C/C=C\C[C@H](NC(=O)OC(C)(C)C)C(=O)N12. The minimum absolute atomic E-state index is 0.0105. The number of nitrogens with zero attached hydrogens (tertiary/aromatic N) is 1. The fourth-order valence-electron chi connectivity index (χ4n) is 3.83. The Morgan fingerprint density at radius 2 is 1.69 bits per heavy atom. The molecule has 0 aromatic carbocycles. The summed E-state index contributed by atoms with van der Waals surface area (Å²) < 4.78 is 17.0. The molecule has 0 spiro atoms. The second-order valence-corrected chi connectivity index (χ2v) is 15.9. The summed E-state index contributed by atoms with van der Waals surface area (Å²) in [6, 6.07) is -1.88. The van der Waals surface area contributed by atoms with Crippen LogP contribution in [0.3, 0.4) is 0 Å². The van der Waals surface area contributed by atoms with E-state index in [4.69, 9.17) is 13.9 Å². The molecule has 1 N–H and O–H groups in total. The first-order valence-corrected chi connectivity index (χ1v) is 14.2. The monoisotopic (exact) mass is 468 g/mol. The molecule has 1 saturated heterocycles. The van der Waals surface area contributed by atoms with E-state index < -0.39 is 38.1 Å². The minimum Gasteiger partial charge on any atom is -0.467 e. The van der Waals surface area contributed by atoms with Gasteiger partial charge in [-0.15, -0.1) is 0 Å². The normalized spacial score (nSPS) is 27.8. The number of nitrogens with one attached hydrogen (secondary N) is 1. The molecule has 9 heteroatoms. The fourth-order valence-corrected chi connectivity index (χ4v) is 5.19. The average molecular weight is 469 g/mol. The van der Waals surface area contributed by atoms with Crippen LogP contribution in [-0.4, -0.2) is 68.1 Å². The van der Waals surface area contributed by atoms with Crippen LogP contribution >= 0.6 is 0 Å². The molecular weight excluding hydrogens is 428 g/mol.